The minimum Gasteiger partial charge on any atom is -0.370 e. The molecule has 3 N–H and O–H groups in total. The summed E-state index contributed by atoms with van der Waals surface area (Å²) in [5.74, 6) is 3.56. The average Bonchev–Trinajstić information content (AvgIpc) is 3.49. The lowest BCUT2D eigenvalue weighted by molar-refractivity contribution is 0.287. The molecule has 2 saturated carbocycles. The number of nitrogens with two attached hydrogens (primary N) is 1. The fraction of sp³-hybridized carbons (Fsp3) is 0.941. The normalized spacial score (nSPS) is 23.7. The molecule has 0 amide bonds. The quantitative estimate of drug-likeness (QED) is 0.152. The van der Waals surface area contributed by atoms with E-state index in [-0.39, 0.29) is 27.0 Å². The maximum absolute atomic E-state index is 9.00. The molecule has 42 heavy (non-hydrogen) atoms. The minimum absolute atomic E-state index is 0. The predicted octanol–water partition coefficient (Wildman–Crippen LogP) is 7.99. The van der Waals surface area contributed by atoms with Crippen molar-refractivity contribution in [1.29, 1.82) is 5.41 Å². The Morgan fingerprint density at radius 3 is 1.79 bits per heavy atom. The first kappa shape index (κ1) is 37.4. The van der Waals surface area contributed by atoms with E-state index in [1.807, 2.05) is 0 Å². The van der Waals surface area contributed by atoms with Crippen LogP contribution in [0, 0.1) is 17.2 Å². The van der Waals surface area contributed by atoms with Crippen LogP contribution in [0.5, 0.6) is 0 Å². The molecule has 2 aliphatic heterocycles. The molecule has 0 aromatic heterocycles. The molecule has 0 aromatic carbocycles. The van der Waals surface area contributed by atoms with E-state index in [4.69, 9.17) is 11.1 Å². The number of aliphatic imine (C=N–C) groups is 1. The molecular formula is C34H68N6S2. The van der Waals surface area contributed by atoms with Crippen molar-refractivity contribution in [3.8, 4) is 0 Å². The van der Waals surface area contributed by atoms with Gasteiger partial charge >= 0.3 is 0 Å². The largest absolute Gasteiger partial charge is 0.370 e. The Hall–Kier alpha value is -0.760. The number of nitrogens with one attached hydrogen (secondary N) is 1. The lowest BCUT2D eigenvalue weighted by atomic mass is 9.86. The number of rotatable bonds is 18. The summed E-state index contributed by atoms with van der Waals surface area (Å²) in [5.41, 5.74) is 6.31. The summed E-state index contributed by atoms with van der Waals surface area (Å²) >= 11 is 0. The second-order valence-electron chi connectivity index (χ2n) is 13.8. The second-order valence-corrected chi connectivity index (χ2v) is 13.8. The smallest absolute Gasteiger partial charge is 0.194 e. The van der Waals surface area contributed by atoms with Crippen LogP contribution in [-0.4, -0.2) is 71.4 Å². The zero-order valence-electron chi connectivity index (χ0n) is 27.3. The van der Waals surface area contributed by atoms with E-state index in [1.54, 1.807) is 0 Å². The van der Waals surface area contributed by atoms with Gasteiger partial charge in [-0.15, -0.1) is 0 Å². The number of guanidine groups is 2. The van der Waals surface area contributed by atoms with Gasteiger partial charge in [-0.25, -0.2) is 0 Å². The van der Waals surface area contributed by atoms with E-state index >= 15 is 0 Å². The molecule has 4 rings (SSSR count). The fourth-order valence-electron chi connectivity index (χ4n) is 8.15. The Bertz CT molecular complexity index is 752. The number of hydrogen-bond acceptors (Lipinski definition) is 4. The highest BCUT2D eigenvalue weighted by atomic mass is 32.1. The third kappa shape index (κ3) is 12.0. The molecule has 1 saturated heterocycles. The molecule has 2 heterocycles. The van der Waals surface area contributed by atoms with Gasteiger partial charge in [-0.3, -0.25) is 10.4 Å². The first-order valence-electron chi connectivity index (χ1n) is 17.8. The molecule has 0 unspecified atom stereocenters. The Morgan fingerprint density at radius 1 is 0.667 bits per heavy atom. The first-order chi connectivity index (χ1) is 19.7. The molecular weight excluding hydrogens is 557 g/mol. The van der Waals surface area contributed by atoms with Crippen molar-refractivity contribution in [3.05, 3.63) is 0 Å². The Morgan fingerprint density at radius 2 is 1.19 bits per heavy atom. The van der Waals surface area contributed by atoms with E-state index in [9.17, 15) is 0 Å². The summed E-state index contributed by atoms with van der Waals surface area (Å²) in [6, 6.07) is 1.04. The minimum atomic E-state index is 0. The molecule has 246 valence electrons. The van der Waals surface area contributed by atoms with E-state index in [2.05, 4.69) is 26.6 Å². The van der Waals surface area contributed by atoms with E-state index in [0.717, 1.165) is 56.5 Å². The van der Waals surface area contributed by atoms with Gasteiger partial charge < -0.3 is 20.4 Å². The van der Waals surface area contributed by atoms with Gasteiger partial charge in [0.1, 0.15) is 0 Å². The summed E-state index contributed by atoms with van der Waals surface area (Å²) in [5, 5.41) is 9.00. The van der Waals surface area contributed by atoms with Gasteiger partial charge in [-0.1, -0.05) is 110 Å². The molecule has 0 bridgehead atoms. The zero-order chi connectivity index (χ0) is 28.0. The van der Waals surface area contributed by atoms with Gasteiger partial charge in [-0.05, 0) is 50.4 Å². The maximum atomic E-state index is 9.00. The molecule has 0 radical (unpaired) electrons. The van der Waals surface area contributed by atoms with Gasteiger partial charge in [0.25, 0.3) is 0 Å². The number of unbranched alkanes of at least 4 members (excludes halogenated alkanes) is 4. The summed E-state index contributed by atoms with van der Waals surface area (Å²) < 4.78 is 0. The lowest BCUT2D eigenvalue weighted by Gasteiger charge is -2.27. The van der Waals surface area contributed by atoms with Gasteiger partial charge in [0, 0.05) is 32.2 Å². The average molecular weight is 625 g/mol. The molecule has 2 atom stereocenters. The maximum Gasteiger partial charge on any atom is 0.194 e. The van der Waals surface area contributed by atoms with Crippen molar-refractivity contribution in [1.82, 2.24) is 14.7 Å². The van der Waals surface area contributed by atoms with Crippen LogP contribution in [0.4, 0.5) is 0 Å². The zero-order valence-corrected chi connectivity index (χ0v) is 29.3. The van der Waals surface area contributed by atoms with Crippen molar-refractivity contribution in [2.45, 2.75) is 160 Å². The molecule has 0 aromatic rings. The Balaban J connectivity index is 0.00000308. The number of hydrogen-bond donors (Lipinski definition) is 2. The van der Waals surface area contributed by atoms with Crippen molar-refractivity contribution >= 4 is 38.9 Å². The summed E-state index contributed by atoms with van der Waals surface area (Å²) in [4.78, 5) is 11.9. The van der Waals surface area contributed by atoms with Crippen molar-refractivity contribution in [3.63, 3.8) is 0 Å². The Kier molecular flexibility index (Phi) is 18.8. The SMILES string of the molecule is CCCC[C@H]1CN(CCCC[C@H]2CN=C(N)N2CCCCC2CCCCC2)C(=N)N1CCCCC1CCCCC1.S.S. The third-order valence-corrected chi connectivity index (χ3v) is 10.7. The summed E-state index contributed by atoms with van der Waals surface area (Å²) in [7, 11) is 0. The van der Waals surface area contributed by atoms with Crippen LogP contribution in [0.3, 0.4) is 0 Å². The molecule has 2 aliphatic carbocycles. The second kappa shape index (κ2) is 21.1. The summed E-state index contributed by atoms with van der Waals surface area (Å²) in [6.45, 7) is 7.44. The van der Waals surface area contributed by atoms with Crippen LogP contribution in [-0.2, 0) is 0 Å². The molecule has 4 aliphatic rings. The third-order valence-electron chi connectivity index (χ3n) is 10.7. The van der Waals surface area contributed by atoms with Crippen LogP contribution in [0.15, 0.2) is 4.99 Å². The van der Waals surface area contributed by atoms with E-state index in [0.29, 0.717) is 12.1 Å². The van der Waals surface area contributed by atoms with Gasteiger partial charge in [0.05, 0.1) is 12.6 Å². The predicted molar refractivity (Wildman–Crippen MR) is 192 cm³/mol. The highest BCUT2D eigenvalue weighted by molar-refractivity contribution is 7.59. The van der Waals surface area contributed by atoms with Crippen LogP contribution >= 0.6 is 27.0 Å². The highest BCUT2D eigenvalue weighted by Gasteiger charge is 2.33. The van der Waals surface area contributed by atoms with Crippen LogP contribution in [0.2, 0.25) is 0 Å². The van der Waals surface area contributed by atoms with Gasteiger partial charge in [0.15, 0.2) is 11.9 Å². The van der Waals surface area contributed by atoms with Crippen molar-refractivity contribution < 1.29 is 0 Å². The van der Waals surface area contributed by atoms with E-state index < -0.39 is 0 Å². The first-order valence-corrected chi connectivity index (χ1v) is 17.8. The van der Waals surface area contributed by atoms with E-state index in [1.165, 1.54) is 141 Å². The molecule has 6 nitrogen and oxygen atoms in total. The molecule has 0 spiro atoms. The summed E-state index contributed by atoms with van der Waals surface area (Å²) in [6.07, 6.45) is 29.9. The number of nitrogens with zero attached hydrogens (tertiary/aromatic N) is 4. The van der Waals surface area contributed by atoms with Crippen LogP contribution in [0.25, 0.3) is 0 Å². The standard InChI is InChI=1S/C34H64N6.2H2S/c1-2-3-22-32-28-38(34(36)40(32)26-15-11-21-30-18-8-5-9-19-30)24-13-12-23-31-27-37-33(35)39(31)25-14-10-20-29-16-6-4-7-17-29;;/h29-32,36H,2-28H2,1H3,(H2,35,37);2*1H2/t31-,32-;;/m0../s1. The molecule has 8 heteroatoms. The topological polar surface area (TPSA) is 72.0 Å². The van der Waals surface area contributed by atoms with Gasteiger partial charge in [0.2, 0.25) is 0 Å². The highest BCUT2D eigenvalue weighted by Crippen LogP contribution is 2.29. The lowest BCUT2D eigenvalue weighted by Crippen LogP contribution is -2.41. The van der Waals surface area contributed by atoms with Crippen molar-refractivity contribution in [2.75, 3.05) is 32.7 Å². The molecule has 3 fully saturated rings. The van der Waals surface area contributed by atoms with Crippen LogP contribution < -0.4 is 5.73 Å². The Labute approximate surface area is 273 Å². The van der Waals surface area contributed by atoms with Crippen molar-refractivity contribution in [2.24, 2.45) is 22.6 Å². The van der Waals surface area contributed by atoms with Gasteiger partial charge in [-0.2, -0.15) is 27.0 Å². The van der Waals surface area contributed by atoms with Crippen LogP contribution in [0.1, 0.15) is 148 Å². The fourth-order valence-corrected chi connectivity index (χ4v) is 8.15. The monoisotopic (exact) mass is 624 g/mol.